The number of para-hydroxylation sites is 2. The molecule has 0 unspecified atom stereocenters. The minimum Gasteiger partial charge on any atom is -0.395 e. The number of aromatic nitrogens is 1. The molecule has 0 N–H and O–H groups in total. The van der Waals surface area contributed by atoms with Crippen LogP contribution >= 0.6 is 0 Å². The van der Waals surface area contributed by atoms with E-state index in [0.29, 0.717) is 6.42 Å². The summed E-state index contributed by atoms with van der Waals surface area (Å²) in [5.41, 5.74) is 0.251. The van der Waals surface area contributed by atoms with Gasteiger partial charge in [-0.2, -0.15) is 0 Å². The summed E-state index contributed by atoms with van der Waals surface area (Å²) in [5.74, 6) is -1.68. The molecular formula is C22H14F4N2O6. The molecule has 2 aromatic carbocycles. The predicted octanol–water partition coefficient (Wildman–Crippen LogP) is 5.84. The van der Waals surface area contributed by atoms with Gasteiger partial charge >= 0.3 is 12.6 Å². The molecule has 0 radical (unpaired) electrons. The zero-order valence-electron chi connectivity index (χ0n) is 17.3. The van der Waals surface area contributed by atoms with E-state index in [-0.39, 0.29) is 45.4 Å². The first-order chi connectivity index (χ1) is 16.1. The number of rotatable bonds is 5. The highest BCUT2D eigenvalue weighted by Gasteiger charge is 2.46. The molecule has 0 saturated carbocycles. The number of hydrogen-bond donors (Lipinski definition) is 0. The van der Waals surface area contributed by atoms with Crippen LogP contribution in [-0.2, 0) is 0 Å². The zero-order valence-corrected chi connectivity index (χ0v) is 17.3. The third-order valence-electron chi connectivity index (χ3n) is 5.41. The molecule has 1 aromatic heterocycles. The van der Waals surface area contributed by atoms with Crippen LogP contribution < -0.4 is 18.9 Å². The second-order valence-electron chi connectivity index (χ2n) is 7.49. The number of pyridine rings is 1. The summed E-state index contributed by atoms with van der Waals surface area (Å²) < 4.78 is 73.5. The van der Waals surface area contributed by atoms with E-state index in [1.807, 2.05) is 0 Å². The van der Waals surface area contributed by atoms with E-state index in [2.05, 4.69) is 19.2 Å². The van der Waals surface area contributed by atoms with Gasteiger partial charge in [-0.25, -0.2) is 0 Å². The van der Waals surface area contributed by atoms with Gasteiger partial charge < -0.3 is 18.9 Å². The average Bonchev–Trinajstić information content (AvgIpc) is 3.27. The highest BCUT2D eigenvalue weighted by atomic mass is 19.3. The van der Waals surface area contributed by atoms with Gasteiger partial charge in [0.2, 0.25) is 0 Å². The van der Waals surface area contributed by atoms with Crippen molar-refractivity contribution in [2.75, 3.05) is 0 Å². The van der Waals surface area contributed by atoms with Gasteiger partial charge in [-0.3, -0.25) is 15.1 Å². The monoisotopic (exact) mass is 478 g/mol. The summed E-state index contributed by atoms with van der Waals surface area (Å²) in [6.45, 7) is 1.74. The molecule has 12 heteroatoms. The molecule has 0 saturated heterocycles. The number of halogens is 4. The number of hydrogen-bond acceptors (Lipinski definition) is 7. The quantitative estimate of drug-likeness (QED) is 0.258. The maximum atomic E-state index is 13.8. The largest absolute Gasteiger partial charge is 0.586 e. The second-order valence-corrected chi connectivity index (χ2v) is 7.49. The first kappa shape index (κ1) is 21.7. The standard InChI is InChI=1S/C22H14F4N2O6/c1-2-12(13-5-3-7-16-19(13)33-21(23,24)31-16)18-15(9-11(10-27-18)28(29)30)14-6-4-8-17-20(14)34-22(25,26)32-17/h3-10,12H,2H2,1H3/t12-/m1/s1. The predicted molar refractivity (Wildman–Crippen MR) is 107 cm³/mol. The molecular weight excluding hydrogens is 464 g/mol. The summed E-state index contributed by atoms with van der Waals surface area (Å²) in [7, 11) is 0. The van der Waals surface area contributed by atoms with Gasteiger partial charge in [-0.15, -0.1) is 17.6 Å². The number of nitrogens with zero attached hydrogens (tertiary/aromatic N) is 2. The van der Waals surface area contributed by atoms with E-state index in [1.165, 1.54) is 36.4 Å². The van der Waals surface area contributed by atoms with Crippen LogP contribution in [0.3, 0.4) is 0 Å². The minimum absolute atomic E-state index is 0.0643. The van der Waals surface area contributed by atoms with Crippen LogP contribution in [0.1, 0.15) is 30.5 Å². The number of alkyl halides is 4. The number of ether oxygens (including phenoxy) is 4. The van der Waals surface area contributed by atoms with Crippen molar-refractivity contribution in [1.82, 2.24) is 4.98 Å². The Balaban J connectivity index is 1.70. The maximum Gasteiger partial charge on any atom is 0.586 e. The van der Waals surface area contributed by atoms with Crippen molar-refractivity contribution in [3.8, 4) is 34.1 Å². The first-order valence-corrected chi connectivity index (χ1v) is 10.0. The summed E-state index contributed by atoms with van der Waals surface area (Å²) in [5, 5.41) is 11.4. The molecule has 0 bridgehead atoms. The Labute approximate surface area is 188 Å². The third kappa shape index (κ3) is 3.60. The van der Waals surface area contributed by atoms with Crippen molar-refractivity contribution in [2.45, 2.75) is 31.9 Å². The lowest BCUT2D eigenvalue weighted by atomic mass is 9.87. The van der Waals surface area contributed by atoms with Gasteiger partial charge in [0.05, 0.1) is 10.6 Å². The van der Waals surface area contributed by atoms with E-state index >= 15 is 0 Å². The number of fused-ring (bicyclic) bond motifs is 2. The van der Waals surface area contributed by atoms with E-state index in [4.69, 9.17) is 4.74 Å². The van der Waals surface area contributed by atoms with Crippen molar-refractivity contribution >= 4 is 5.69 Å². The molecule has 5 rings (SSSR count). The Hall–Kier alpha value is -4.09. The van der Waals surface area contributed by atoms with Gasteiger partial charge in [-0.05, 0) is 18.6 Å². The molecule has 3 heterocycles. The van der Waals surface area contributed by atoms with E-state index < -0.39 is 29.1 Å². The van der Waals surface area contributed by atoms with E-state index in [9.17, 15) is 27.7 Å². The van der Waals surface area contributed by atoms with Gasteiger partial charge in [0.25, 0.3) is 5.69 Å². The SMILES string of the molecule is CC[C@H](c1cccc2c1OC(F)(F)O2)c1ncc([N+](=O)[O-])cc1-c1cccc2c1OC(F)(F)O2. The smallest absolute Gasteiger partial charge is 0.395 e. The van der Waals surface area contributed by atoms with Gasteiger partial charge in [0.1, 0.15) is 6.20 Å². The molecule has 0 fully saturated rings. The molecule has 0 aliphatic carbocycles. The van der Waals surface area contributed by atoms with Crippen LogP contribution in [0.25, 0.3) is 11.1 Å². The molecule has 3 aromatic rings. The molecule has 176 valence electrons. The maximum absolute atomic E-state index is 13.8. The van der Waals surface area contributed by atoms with E-state index in [0.717, 1.165) is 12.3 Å². The van der Waals surface area contributed by atoms with Crippen molar-refractivity contribution in [3.63, 3.8) is 0 Å². The van der Waals surface area contributed by atoms with Crippen molar-refractivity contribution < 1.29 is 41.4 Å². The van der Waals surface area contributed by atoms with Crippen LogP contribution in [-0.4, -0.2) is 22.5 Å². The molecule has 34 heavy (non-hydrogen) atoms. The third-order valence-corrected chi connectivity index (χ3v) is 5.41. The molecule has 2 aliphatic rings. The van der Waals surface area contributed by atoms with Gasteiger partial charge in [-0.1, -0.05) is 31.2 Å². The molecule has 8 nitrogen and oxygen atoms in total. The lowest BCUT2D eigenvalue weighted by Gasteiger charge is -2.20. The van der Waals surface area contributed by atoms with Crippen LogP contribution in [0.2, 0.25) is 0 Å². The minimum atomic E-state index is -3.92. The van der Waals surface area contributed by atoms with Crippen LogP contribution in [0.15, 0.2) is 48.7 Å². The molecule has 0 spiro atoms. The average molecular weight is 478 g/mol. The highest BCUT2D eigenvalue weighted by Crippen LogP contribution is 2.51. The Morgan fingerprint density at radius 1 is 0.941 bits per heavy atom. The molecule has 2 aliphatic heterocycles. The lowest BCUT2D eigenvalue weighted by Crippen LogP contribution is -2.26. The van der Waals surface area contributed by atoms with Crippen molar-refractivity contribution in [2.24, 2.45) is 0 Å². The van der Waals surface area contributed by atoms with E-state index in [1.54, 1.807) is 6.92 Å². The lowest BCUT2D eigenvalue weighted by molar-refractivity contribution is -0.385. The fourth-order valence-corrected chi connectivity index (χ4v) is 4.06. The van der Waals surface area contributed by atoms with Crippen LogP contribution in [0, 0.1) is 10.1 Å². The summed E-state index contributed by atoms with van der Waals surface area (Å²) in [6, 6.07) is 9.60. The Morgan fingerprint density at radius 2 is 1.56 bits per heavy atom. The Bertz CT molecular complexity index is 1320. The summed E-state index contributed by atoms with van der Waals surface area (Å²) >= 11 is 0. The Kier molecular flexibility index (Phi) is 4.78. The Morgan fingerprint density at radius 3 is 2.21 bits per heavy atom. The molecule has 0 amide bonds. The number of nitro groups is 1. The topological polar surface area (TPSA) is 93.0 Å². The second kappa shape index (κ2) is 7.47. The van der Waals surface area contributed by atoms with Crippen LogP contribution in [0.4, 0.5) is 23.2 Å². The van der Waals surface area contributed by atoms with Gasteiger partial charge in [0, 0.05) is 28.7 Å². The fraction of sp³-hybridized carbons (Fsp3) is 0.227. The highest BCUT2D eigenvalue weighted by molar-refractivity contribution is 5.78. The summed E-state index contributed by atoms with van der Waals surface area (Å²) in [6.07, 6.45) is -6.48. The first-order valence-electron chi connectivity index (χ1n) is 10.0. The number of benzene rings is 2. The summed E-state index contributed by atoms with van der Waals surface area (Å²) in [4.78, 5) is 15.0. The van der Waals surface area contributed by atoms with Gasteiger partial charge in [0.15, 0.2) is 23.0 Å². The van der Waals surface area contributed by atoms with Crippen molar-refractivity contribution in [3.05, 3.63) is 70.0 Å². The molecule has 1 atom stereocenters. The zero-order chi connectivity index (χ0) is 24.3. The van der Waals surface area contributed by atoms with Crippen LogP contribution in [0.5, 0.6) is 23.0 Å². The normalized spacial score (nSPS) is 17.4. The van der Waals surface area contributed by atoms with Crippen molar-refractivity contribution in [1.29, 1.82) is 0 Å². The fourth-order valence-electron chi connectivity index (χ4n) is 4.06.